The minimum Gasteiger partial charge on any atom is -0.406 e. The van der Waals surface area contributed by atoms with Gasteiger partial charge in [-0.15, -0.1) is 13.2 Å². The zero-order chi connectivity index (χ0) is 21.5. The zero-order valence-electron chi connectivity index (χ0n) is 15.5. The molecule has 4 rings (SSSR count). The fraction of sp³-hybridized carbons (Fsp3) is 0.286. The molecule has 2 N–H and O–H groups in total. The van der Waals surface area contributed by atoms with Gasteiger partial charge in [-0.2, -0.15) is 0 Å². The number of carbonyl (C=O) groups excluding carboxylic acids is 1. The highest BCUT2D eigenvalue weighted by Crippen LogP contribution is 2.46. The van der Waals surface area contributed by atoms with Gasteiger partial charge in [0.2, 0.25) is 5.91 Å². The van der Waals surface area contributed by atoms with Crippen LogP contribution in [0.2, 0.25) is 10.0 Å². The molecular formula is C21H17Cl2F3N2O2. The molecule has 2 aromatic carbocycles. The van der Waals surface area contributed by atoms with Crippen LogP contribution in [-0.4, -0.2) is 18.3 Å². The summed E-state index contributed by atoms with van der Waals surface area (Å²) in [5, 5.41) is 7.03. The molecular weight excluding hydrogens is 440 g/mol. The van der Waals surface area contributed by atoms with Gasteiger partial charge < -0.3 is 15.4 Å². The Balaban J connectivity index is 1.51. The van der Waals surface area contributed by atoms with E-state index in [1.54, 1.807) is 18.2 Å². The molecule has 158 valence electrons. The van der Waals surface area contributed by atoms with Crippen LogP contribution in [0, 0.1) is 5.92 Å². The number of benzene rings is 2. The van der Waals surface area contributed by atoms with Gasteiger partial charge in [0.15, 0.2) is 0 Å². The van der Waals surface area contributed by atoms with Gasteiger partial charge in [0.1, 0.15) is 11.8 Å². The summed E-state index contributed by atoms with van der Waals surface area (Å²) < 4.78 is 41.7. The number of carbonyl (C=O) groups is 1. The Labute approximate surface area is 181 Å². The number of hydrogen-bond acceptors (Lipinski definition) is 3. The lowest BCUT2D eigenvalue weighted by molar-refractivity contribution is -0.274. The molecule has 0 saturated heterocycles. The lowest BCUT2D eigenvalue weighted by Gasteiger charge is -2.36. The van der Waals surface area contributed by atoms with Crippen LogP contribution in [0.1, 0.15) is 23.5 Å². The summed E-state index contributed by atoms with van der Waals surface area (Å²) in [5.41, 5.74) is 2.03. The molecule has 0 saturated carbocycles. The minimum atomic E-state index is -4.76. The van der Waals surface area contributed by atoms with Crippen LogP contribution in [0.5, 0.6) is 5.75 Å². The Morgan fingerprint density at radius 3 is 2.73 bits per heavy atom. The van der Waals surface area contributed by atoms with Gasteiger partial charge in [-0.1, -0.05) is 41.4 Å². The van der Waals surface area contributed by atoms with Gasteiger partial charge in [0.25, 0.3) is 0 Å². The number of anilines is 1. The van der Waals surface area contributed by atoms with E-state index in [-0.39, 0.29) is 30.0 Å². The van der Waals surface area contributed by atoms with Gasteiger partial charge in [0.05, 0.1) is 0 Å². The fourth-order valence-electron chi connectivity index (χ4n) is 3.99. The molecule has 1 aliphatic heterocycles. The SMILES string of the molecule is O=C(NCc1ccc(Cl)cc1Cl)C1Nc2ccc(OC(F)(F)F)cc2C2C=CCC12. The molecule has 1 amide bonds. The minimum absolute atomic E-state index is 0.112. The summed E-state index contributed by atoms with van der Waals surface area (Å²) in [6.07, 6.45) is -0.244. The predicted octanol–water partition coefficient (Wildman–Crippen LogP) is 5.66. The second kappa shape index (κ2) is 8.04. The summed E-state index contributed by atoms with van der Waals surface area (Å²) in [6.45, 7) is 0.239. The van der Waals surface area contributed by atoms with Crippen molar-refractivity contribution in [3.8, 4) is 5.75 Å². The van der Waals surface area contributed by atoms with Crippen LogP contribution in [0.3, 0.4) is 0 Å². The van der Waals surface area contributed by atoms with Crippen LogP contribution >= 0.6 is 23.2 Å². The third kappa shape index (κ3) is 4.37. The van der Waals surface area contributed by atoms with Crippen molar-refractivity contribution in [3.05, 3.63) is 69.7 Å². The van der Waals surface area contributed by atoms with Crippen molar-refractivity contribution in [2.24, 2.45) is 5.92 Å². The van der Waals surface area contributed by atoms with Gasteiger partial charge in [-0.3, -0.25) is 4.79 Å². The van der Waals surface area contributed by atoms with Crippen molar-refractivity contribution < 1.29 is 22.7 Å². The van der Waals surface area contributed by atoms with Crippen molar-refractivity contribution in [2.75, 3.05) is 5.32 Å². The fourth-order valence-corrected chi connectivity index (χ4v) is 4.46. The number of ether oxygens (including phenoxy) is 1. The molecule has 2 aromatic rings. The maximum absolute atomic E-state index is 12.9. The molecule has 0 aromatic heterocycles. The molecule has 0 spiro atoms. The molecule has 3 unspecified atom stereocenters. The van der Waals surface area contributed by atoms with Crippen LogP contribution in [0.4, 0.5) is 18.9 Å². The average Bonchev–Trinajstić information content (AvgIpc) is 3.15. The van der Waals surface area contributed by atoms with Crippen molar-refractivity contribution in [2.45, 2.75) is 31.3 Å². The molecule has 30 heavy (non-hydrogen) atoms. The third-order valence-electron chi connectivity index (χ3n) is 5.32. The third-order valence-corrected chi connectivity index (χ3v) is 5.91. The normalized spacial score (nSPS) is 22.1. The summed E-state index contributed by atoms with van der Waals surface area (Å²) in [7, 11) is 0. The van der Waals surface area contributed by atoms with E-state index >= 15 is 0 Å². The molecule has 4 nitrogen and oxygen atoms in total. The first kappa shape index (κ1) is 20.9. The van der Waals surface area contributed by atoms with Crippen molar-refractivity contribution in [1.82, 2.24) is 5.32 Å². The number of amides is 1. The molecule has 1 heterocycles. The average molecular weight is 457 g/mol. The predicted molar refractivity (Wildman–Crippen MR) is 109 cm³/mol. The van der Waals surface area contributed by atoms with Crippen LogP contribution in [0.25, 0.3) is 0 Å². The quantitative estimate of drug-likeness (QED) is 0.583. The zero-order valence-corrected chi connectivity index (χ0v) is 17.0. The Morgan fingerprint density at radius 1 is 1.20 bits per heavy atom. The van der Waals surface area contributed by atoms with Gasteiger partial charge in [-0.05, 0) is 47.9 Å². The first-order valence-electron chi connectivity index (χ1n) is 9.26. The number of alkyl halides is 3. The van der Waals surface area contributed by atoms with Gasteiger partial charge in [-0.25, -0.2) is 0 Å². The molecule has 0 bridgehead atoms. The highest BCUT2D eigenvalue weighted by Gasteiger charge is 2.41. The van der Waals surface area contributed by atoms with E-state index in [1.807, 2.05) is 12.2 Å². The van der Waals surface area contributed by atoms with Gasteiger partial charge in [0, 0.05) is 34.1 Å². The van der Waals surface area contributed by atoms with E-state index in [9.17, 15) is 18.0 Å². The summed E-state index contributed by atoms with van der Waals surface area (Å²) >= 11 is 12.1. The van der Waals surface area contributed by atoms with E-state index in [0.29, 0.717) is 27.7 Å². The molecule has 9 heteroatoms. The Morgan fingerprint density at radius 2 is 2.00 bits per heavy atom. The topological polar surface area (TPSA) is 50.4 Å². The summed E-state index contributed by atoms with van der Waals surface area (Å²) in [4.78, 5) is 12.9. The van der Waals surface area contributed by atoms with Crippen LogP contribution < -0.4 is 15.4 Å². The molecule has 0 radical (unpaired) electrons. The number of nitrogens with one attached hydrogen (secondary N) is 2. The van der Waals surface area contributed by atoms with E-state index < -0.39 is 12.4 Å². The maximum atomic E-state index is 12.9. The molecule has 0 fully saturated rings. The van der Waals surface area contributed by atoms with Crippen LogP contribution in [-0.2, 0) is 11.3 Å². The first-order valence-corrected chi connectivity index (χ1v) is 10.0. The maximum Gasteiger partial charge on any atom is 0.573 e. The van der Waals surface area contributed by atoms with Crippen LogP contribution in [0.15, 0.2) is 48.6 Å². The van der Waals surface area contributed by atoms with Crippen molar-refractivity contribution in [1.29, 1.82) is 0 Å². The largest absolute Gasteiger partial charge is 0.573 e. The molecule has 3 atom stereocenters. The lowest BCUT2D eigenvalue weighted by atomic mass is 9.79. The molecule has 1 aliphatic carbocycles. The monoisotopic (exact) mass is 456 g/mol. The second-order valence-electron chi connectivity index (χ2n) is 7.23. The smallest absolute Gasteiger partial charge is 0.406 e. The van der Waals surface area contributed by atoms with E-state index in [0.717, 1.165) is 5.56 Å². The number of rotatable bonds is 4. The van der Waals surface area contributed by atoms with Crippen molar-refractivity contribution >= 4 is 34.8 Å². The Hall–Kier alpha value is -2.38. The highest BCUT2D eigenvalue weighted by molar-refractivity contribution is 6.35. The van der Waals surface area contributed by atoms with Gasteiger partial charge >= 0.3 is 6.36 Å². The first-order chi connectivity index (χ1) is 14.2. The number of fused-ring (bicyclic) bond motifs is 3. The summed E-state index contributed by atoms with van der Waals surface area (Å²) in [5.74, 6) is -0.768. The number of halogens is 5. The summed E-state index contributed by atoms with van der Waals surface area (Å²) in [6, 6.07) is 8.65. The van der Waals surface area contributed by atoms with Crippen molar-refractivity contribution in [3.63, 3.8) is 0 Å². The Kier molecular flexibility index (Phi) is 5.59. The Bertz CT molecular complexity index is 1010. The molecule has 2 aliphatic rings. The standard InChI is InChI=1S/C21H17Cl2F3N2O2/c22-12-5-4-11(17(23)8-12)10-27-20(29)19-15-3-1-2-14(15)16-9-13(30-21(24,25)26)6-7-18(16)28-19/h1-2,4-9,14-15,19,28H,3,10H2,(H,27,29). The highest BCUT2D eigenvalue weighted by atomic mass is 35.5. The van der Waals surface area contributed by atoms with E-state index in [1.165, 1.54) is 18.2 Å². The van der Waals surface area contributed by atoms with E-state index in [2.05, 4.69) is 15.4 Å². The number of hydrogen-bond donors (Lipinski definition) is 2. The number of allylic oxidation sites excluding steroid dienone is 2. The lowest BCUT2D eigenvalue weighted by Crippen LogP contribution is -2.47. The van der Waals surface area contributed by atoms with E-state index in [4.69, 9.17) is 23.2 Å². The second-order valence-corrected chi connectivity index (χ2v) is 8.07.